The summed E-state index contributed by atoms with van der Waals surface area (Å²) < 4.78 is 0. The Kier molecular flexibility index (Phi) is 5.48. The van der Waals surface area contributed by atoms with Crippen LogP contribution in [0.2, 0.25) is 5.15 Å². The molecule has 3 rings (SSSR count). The van der Waals surface area contributed by atoms with Gasteiger partial charge in [-0.15, -0.1) is 0 Å². The first-order valence-electron chi connectivity index (χ1n) is 8.20. The van der Waals surface area contributed by atoms with Crippen LogP contribution in [0.1, 0.15) is 18.4 Å². The number of pyridine rings is 1. The molecule has 1 aliphatic heterocycles. The molecule has 1 N–H and O–H groups in total. The maximum Gasteiger partial charge on any atom is 0.226 e. The summed E-state index contributed by atoms with van der Waals surface area (Å²) in [4.78, 5) is 17.3. The van der Waals surface area contributed by atoms with Crippen molar-refractivity contribution in [3.8, 4) is 0 Å². The number of hydrogen-bond acceptors (Lipinski definition) is 6. The third-order valence-electron chi connectivity index (χ3n) is 4.18. The Hall–Kier alpha value is -1.92. The van der Waals surface area contributed by atoms with Crippen molar-refractivity contribution in [3.05, 3.63) is 41.3 Å². The minimum absolute atomic E-state index is 0.453. The molecule has 0 bridgehead atoms. The number of halogens is 1. The SMILES string of the molecule is CN(C)c1nccc(NC2CCN(Cc3ccc(Cl)nc3)CC2)n1. The Morgan fingerprint density at radius 2 is 2.00 bits per heavy atom. The normalized spacial score (nSPS) is 16.1. The lowest BCUT2D eigenvalue weighted by Crippen LogP contribution is -2.38. The van der Waals surface area contributed by atoms with E-state index in [4.69, 9.17) is 11.6 Å². The predicted molar refractivity (Wildman–Crippen MR) is 97.5 cm³/mol. The Bertz CT molecular complexity index is 652. The second kappa shape index (κ2) is 7.77. The molecular formula is C17H23ClN6. The molecule has 6 nitrogen and oxygen atoms in total. The minimum atomic E-state index is 0.453. The highest BCUT2D eigenvalue weighted by Crippen LogP contribution is 2.18. The molecular weight excluding hydrogens is 324 g/mol. The largest absolute Gasteiger partial charge is 0.367 e. The lowest BCUT2D eigenvalue weighted by Gasteiger charge is -2.32. The van der Waals surface area contributed by atoms with Gasteiger partial charge in [-0.1, -0.05) is 17.7 Å². The Morgan fingerprint density at radius 3 is 2.67 bits per heavy atom. The van der Waals surface area contributed by atoms with Gasteiger partial charge >= 0.3 is 0 Å². The van der Waals surface area contributed by atoms with Gasteiger partial charge < -0.3 is 10.2 Å². The summed E-state index contributed by atoms with van der Waals surface area (Å²) >= 11 is 5.83. The zero-order valence-electron chi connectivity index (χ0n) is 14.1. The maximum atomic E-state index is 5.83. The van der Waals surface area contributed by atoms with Gasteiger partial charge in [0.05, 0.1) is 0 Å². The maximum absolute atomic E-state index is 5.83. The molecule has 3 heterocycles. The van der Waals surface area contributed by atoms with E-state index in [9.17, 15) is 0 Å². The first-order chi connectivity index (χ1) is 11.6. The average molecular weight is 347 g/mol. The quantitative estimate of drug-likeness (QED) is 0.840. The van der Waals surface area contributed by atoms with Gasteiger partial charge in [-0.05, 0) is 30.5 Å². The highest BCUT2D eigenvalue weighted by molar-refractivity contribution is 6.29. The number of hydrogen-bond donors (Lipinski definition) is 1. The standard InChI is InChI=1S/C17H23ClN6/c1-23(2)17-19-8-5-16(22-17)21-14-6-9-24(10-7-14)12-13-3-4-15(18)20-11-13/h3-5,8,11,14H,6-7,9-10,12H2,1-2H3,(H,19,21,22). The molecule has 1 aliphatic rings. The molecule has 0 aliphatic carbocycles. The molecule has 1 fully saturated rings. The van der Waals surface area contributed by atoms with Crippen molar-refractivity contribution in [3.63, 3.8) is 0 Å². The fourth-order valence-electron chi connectivity index (χ4n) is 2.85. The third kappa shape index (κ3) is 4.55. The fraction of sp³-hybridized carbons (Fsp3) is 0.471. The van der Waals surface area contributed by atoms with E-state index < -0.39 is 0 Å². The molecule has 2 aromatic heterocycles. The minimum Gasteiger partial charge on any atom is -0.367 e. The van der Waals surface area contributed by atoms with Gasteiger partial charge in [-0.25, -0.2) is 9.97 Å². The van der Waals surface area contributed by atoms with Crippen LogP contribution in [-0.4, -0.2) is 53.1 Å². The number of aromatic nitrogens is 3. The monoisotopic (exact) mass is 346 g/mol. The molecule has 0 radical (unpaired) electrons. The van der Waals surface area contributed by atoms with Gasteiger partial charge in [0.1, 0.15) is 11.0 Å². The van der Waals surface area contributed by atoms with Crippen LogP contribution in [0.25, 0.3) is 0 Å². The van der Waals surface area contributed by atoms with E-state index >= 15 is 0 Å². The van der Waals surface area contributed by atoms with Crippen LogP contribution < -0.4 is 10.2 Å². The summed E-state index contributed by atoms with van der Waals surface area (Å²) in [6.07, 6.45) is 5.86. The molecule has 24 heavy (non-hydrogen) atoms. The van der Waals surface area contributed by atoms with Gasteiger partial charge in [-0.3, -0.25) is 4.90 Å². The highest BCUT2D eigenvalue weighted by Gasteiger charge is 2.19. The van der Waals surface area contributed by atoms with Crippen LogP contribution in [0.15, 0.2) is 30.6 Å². The lowest BCUT2D eigenvalue weighted by atomic mass is 10.0. The first-order valence-corrected chi connectivity index (χ1v) is 8.57. The molecule has 0 atom stereocenters. The van der Waals surface area contributed by atoms with E-state index in [1.54, 1.807) is 6.20 Å². The predicted octanol–water partition coefficient (Wildman–Crippen LogP) is 2.67. The highest BCUT2D eigenvalue weighted by atomic mass is 35.5. The molecule has 2 aromatic rings. The zero-order chi connectivity index (χ0) is 16.9. The molecule has 0 unspecified atom stereocenters. The summed E-state index contributed by atoms with van der Waals surface area (Å²) in [6.45, 7) is 3.05. The van der Waals surface area contributed by atoms with Crippen LogP contribution in [0.4, 0.5) is 11.8 Å². The number of piperidine rings is 1. The molecule has 0 spiro atoms. The van der Waals surface area contributed by atoms with Crippen molar-refractivity contribution in [2.75, 3.05) is 37.4 Å². The molecule has 0 saturated carbocycles. The van der Waals surface area contributed by atoms with Gasteiger partial charge in [0.15, 0.2) is 0 Å². The van der Waals surface area contributed by atoms with E-state index in [1.165, 1.54) is 5.56 Å². The summed E-state index contributed by atoms with van der Waals surface area (Å²) in [5.41, 5.74) is 1.21. The van der Waals surface area contributed by atoms with Crippen LogP contribution >= 0.6 is 11.6 Å². The van der Waals surface area contributed by atoms with Gasteiger partial charge in [0.2, 0.25) is 5.95 Å². The smallest absolute Gasteiger partial charge is 0.226 e. The van der Waals surface area contributed by atoms with E-state index in [-0.39, 0.29) is 0 Å². The second-order valence-corrected chi connectivity index (χ2v) is 6.71. The van der Waals surface area contributed by atoms with Crippen molar-refractivity contribution >= 4 is 23.4 Å². The van der Waals surface area contributed by atoms with Crippen LogP contribution in [0.5, 0.6) is 0 Å². The van der Waals surface area contributed by atoms with Crippen LogP contribution in [0.3, 0.4) is 0 Å². The summed E-state index contributed by atoms with van der Waals surface area (Å²) in [5.74, 6) is 1.63. The molecule has 0 aromatic carbocycles. The number of anilines is 2. The molecule has 7 heteroatoms. The van der Waals surface area contributed by atoms with Crippen molar-refractivity contribution in [2.24, 2.45) is 0 Å². The summed E-state index contributed by atoms with van der Waals surface area (Å²) in [7, 11) is 3.90. The Morgan fingerprint density at radius 1 is 1.21 bits per heavy atom. The van der Waals surface area contributed by atoms with E-state index in [0.29, 0.717) is 11.2 Å². The molecule has 1 saturated heterocycles. The third-order valence-corrected chi connectivity index (χ3v) is 4.40. The van der Waals surface area contributed by atoms with Crippen LogP contribution in [-0.2, 0) is 6.54 Å². The first kappa shape index (κ1) is 16.9. The van der Waals surface area contributed by atoms with Gasteiger partial charge in [-0.2, -0.15) is 4.98 Å². The van der Waals surface area contributed by atoms with Gasteiger partial charge in [0, 0.05) is 52.2 Å². The van der Waals surface area contributed by atoms with Gasteiger partial charge in [0.25, 0.3) is 0 Å². The number of likely N-dealkylation sites (tertiary alicyclic amines) is 1. The Balaban J connectivity index is 1.50. The second-order valence-electron chi connectivity index (χ2n) is 6.32. The number of nitrogens with zero attached hydrogens (tertiary/aromatic N) is 5. The van der Waals surface area contributed by atoms with Crippen molar-refractivity contribution in [1.82, 2.24) is 19.9 Å². The average Bonchev–Trinajstić information content (AvgIpc) is 2.59. The molecule has 128 valence electrons. The van der Waals surface area contributed by atoms with Crippen molar-refractivity contribution in [2.45, 2.75) is 25.4 Å². The van der Waals surface area contributed by atoms with Crippen molar-refractivity contribution < 1.29 is 0 Å². The lowest BCUT2D eigenvalue weighted by molar-refractivity contribution is 0.211. The number of nitrogens with one attached hydrogen (secondary N) is 1. The van der Waals surface area contributed by atoms with Crippen LogP contribution in [0, 0.1) is 0 Å². The van der Waals surface area contributed by atoms with E-state index in [0.717, 1.165) is 44.2 Å². The molecule has 0 amide bonds. The van der Waals surface area contributed by atoms with Crippen molar-refractivity contribution in [1.29, 1.82) is 0 Å². The topological polar surface area (TPSA) is 57.2 Å². The Labute approximate surface area is 147 Å². The summed E-state index contributed by atoms with van der Waals surface area (Å²) in [6, 6.07) is 6.28. The van der Waals surface area contributed by atoms with E-state index in [2.05, 4.69) is 25.2 Å². The summed E-state index contributed by atoms with van der Waals surface area (Å²) in [5, 5.41) is 4.08. The zero-order valence-corrected chi connectivity index (χ0v) is 14.9. The van der Waals surface area contributed by atoms with E-state index in [1.807, 2.05) is 43.4 Å². The fourth-order valence-corrected chi connectivity index (χ4v) is 2.96. The number of rotatable bonds is 5.